The zero-order valence-electron chi connectivity index (χ0n) is 6.97. The maximum atomic E-state index is 5.42. The third-order valence-electron chi connectivity index (χ3n) is 1.32. The highest BCUT2D eigenvalue weighted by Gasteiger charge is 1.85. The van der Waals surface area contributed by atoms with Gasteiger partial charge in [-0.05, 0) is 17.4 Å². The lowest BCUT2D eigenvalue weighted by Crippen LogP contribution is -1.95. The SMILES string of the molecule is CI.Cc1cccc(CN)c1. The fourth-order valence-electron chi connectivity index (χ4n) is 0.839. The van der Waals surface area contributed by atoms with Crippen LogP contribution in [0.5, 0.6) is 0 Å². The molecule has 0 heterocycles. The second-order valence-electron chi connectivity index (χ2n) is 2.19. The Bertz CT molecular complexity index is 199. The van der Waals surface area contributed by atoms with Gasteiger partial charge in [-0.2, -0.15) is 0 Å². The Morgan fingerprint density at radius 1 is 1.36 bits per heavy atom. The Balaban J connectivity index is 0.000000461. The van der Waals surface area contributed by atoms with E-state index >= 15 is 0 Å². The van der Waals surface area contributed by atoms with E-state index in [1.54, 1.807) is 0 Å². The highest BCUT2D eigenvalue weighted by atomic mass is 127. The molecule has 0 atom stereocenters. The van der Waals surface area contributed by atoms with E-state index in [-0.39, 0.29) is 0 Å². The van der Waals surface area contributed by atoms with E-state index in [1.807, 2.05) is 17.1 Å². The van der Waals surface area contributed by atoms with Crippen LogP contribution in [0.15, 0.2) is 24.3 Å². The van der Waals surface area contributed by atoms with E-state index in [1.165, 1.54) is 11.1 Å². The van der Waals surface area contributed by atoms with Crippen LogP contribution < -0.4 is 5.73 Å². The van der Waals surface area contributed by atoms with Gasteiger partial charge in [-0.15, -0.1) is 0 Å². The number of nitrogens with two attached hydrogens (primary N) is 1. The summed E-state index contributed by atoms with van der Waals surface area (Å²) < 4.78 is 0. The van der Waals surface area contributed by atoms with Crippen molar-refractivity contribution >= 4 is 22.6 Å². The molecule has 0 amide bonds. The molecule has 1 rings (SSSR count). The molecule has 1 nitrogen and oxygen atoms in total. The molecular formula is C9H14IN. The molecule has 0 saturated carbocycles. The van der Waals surface area contributed by atoms with Crippen molar-refractivity contribution in [1.82, 2.24) is 0 Å². The zero-order valence-corrected chi connectivity index (χ0v) is 9.13. The zero-order chi connectivity index (χ0) is 8.69. The maximum Gasteiger partial charge on any atom is 0.0178 e. The third-order valence-corrected chi connectivity index (χ3v) is 1.32. The Morgan fingerprint density at radius 2 is 2.00 bits per heavy atom. The van der Waals surface area contributed by atoms with E-state index in [2.05, 4.69) is 41.6 Å². The lowest BCUT2D eigenvalue weighted by Gasteiger charge is -1.95. The largest absolute Gasteiger partial charge is 0.326 e. The predicted molar refractivity (Wildman–Crippen MR) is 59.0 cm³/mol. The lowest BCUT2D eigenvalue weighted by atomic mass is 10.1. The predicted octanol–water partition coefficient (Wildman–Crippen LogP) is 2.50. The van der Waals surface area contributed by atoms with Crippen LogP contribution in [-0.2, 0) is 6.54 Å². The van der Waals surface area contributed by atoms with E-state index in [0.717, 1.165) is 0 Å². The molecule has 0 radical (unpaired) electrons. The molecular weight excluding hydrogens is 249 g/mol. The molecule has 0 fully saturated rings. The minimum Gasteiger partial charge on any atom is -0.326 e. The monoisotopic (exact) mass is 263 g/mol. The van der Waals surface area contributed by atoms with Crippen LogP contribution in [-0.4, -0.2) is 4.93 Å². The highest BCUT2D eigenvalue weighted by molar-refractivity contribution is 14.1. The molecule has 11 heavy (non-hydrogen) atoms. The number of benzene rings is 1. The highest BCUT2D eigenvalue weighted by Crippen LogP contribution is 2.01. The van der Waals surface area contributed by atoms with Gasteiger partial charge in [0.2, 0.25) is 0 Å². The summed E-state index contributed by atoms with van der Waals surface area (Å²) >= 11 is 2.15. The normalized spacial score (nSPS) is 8.36. The van der Waals surface area contributed by atoms with Gasteiger partial charge in [-0.1, -0.05) is 52.4 Å². The summed E-state index contributed by atoms with van der Waals surface area (Å²) in [6, 6.07) is 8.23. The fourth-order valence-corrected chi connectivity index (χ4v) is 0.839. The van der Waals surface area contributed by atoms with Gasteiger partial charge in [-0.25, -0.2) is 0 Å². The van der Waals surface area contributed by atoms with Crippen molar-refractivity contribution in [2.24, 2.45) is 5.73 Å². The van der Waals surface area contributed by atoms with Crippen LogP contribution in [0, 0.1) is 6.92 Å². The van der Waals surface area contributed by atoms with Gasteiger partial charge in [-0.3, -0.25) is 0 Å². The molecule has 2 heteroatoms. The van der Waals surface area contributed by atoms with Gasteiger partial charge in [0.25, 0.3) is 0 Å². The van der Waals surface area contributed by atoms with Gasteiger partial charge < -0.3 is 5.73 Å². The van der Waals surface area contributed by atoms with Crippen molar-refractivity contribution in [3.63, 3.8) is 0 Å². The van der Waals surface area contributed by atoms with Crippen molar-refractivity contribution < 1.29 is 0 Å². The Morgan fingerprint density at radius 3 is 2.36 bits per heavy atom. The minimum absolute atomic E-state index is 0.641. The molecule has 0 aliphatic carbocycles. The Hall–Kier alpha value is -0.0900. The fraction of sp³-hybridized carbons (Fsp3) is 0.333. The van der Waals surface area contributed by atoms with Crippen molar-refractivity contribution in [1.29, 1.82) is 0 Å². The van der Waals surface area contributed by atoms with E-state index < -0.39 is 0 Å². The molecule has 0 aromatic heterocycles. The number of rotatable bonds is 1. The van der Waals surface area contributed by atoms with E-state index in [0.29, 0.717) is 6.54 Å². The molecule has 0 bridgehead atoms. The topological polar surface area (TPSA) is 26.0 Å². The van der Waals surface area contributed by atoms with Gasteiger partial charge >= 0.3 is 0 Å². The van der Waals surface area contributed by atoms with Crippen LogP contribution in [0.4, 0.5) is 0 Å². The van der Waals surface area contributed by atoms with Crippen LogP contribution in [0.3, 0.4) is 0 Å². The molecule has 0 spiro atoms. The first-order valence-corrected chi connectivity index (χ1v) is 5.62. The quantitative estimate of drug-likeness (QED) is 0.611. The van der Waals surface area contributed by atoms with Gasteiger partial charge in [0, 0.05) is 6.54 Å². The maximum absolute atomic E-state index is 5.42. The molecule has 1 aromatic carbocycles. The first-order chi connectivity index (χ1) is 5.33. The molecule has 0 unspecified atom stereocenters. The first-order valence-electron chi connectivity index (χ1n) is 3.46. The standard InChI is InChI=1S/C8H11N.CH3I/c1-7-3-2-4-8(5-7)6-9;1-2/h2-5H,6,9H2,1H3;1H3. The van der Waals surface area contributed by atoms with E-state index in [9.17, 15) is 0 Å². The van der Waals surface area contributed by atoms with Crippen LogP contribution in [0.1, 0.15) is 11.1 Å². The first kappa shape index (κ1) is 10.9. The molecule has 0 aliphatic heterocycles. The number of aryl methyl sites for hydroxylation is 1. The Labute approximate surface area is 82.1 Å². The second-order valence-corrected chi connectivity index (χ2v) is 2.19. The van der Waals surface area contributed by atoms with E-state index in [4.69, 9.17) is 5.73 Å². The smallest absolute Gasteiger partial charge is 0.0178 e. The third kappa shape index (κ3) is 4.37. The lowest BCUT2D eigenvalue weighted by molar-refractivity contribution is 1.07. The van der Waals surface area contributed by atoms with Crippen molar-refractivity contribution in [2.75, 3.05) is 4.93 Å². The second kappa shape index (κ2) is 6.61. The van der Waals surface area contributed by atoms with Gasteiger partial charge in [0.05, 0.1) is 0 Å². The summed E-state index contributed by atoms with van der Waals surface area (Å²) in [5.74, 6) is 0. The van der Waals surface area contributed by atoms with Gasteiger partial charge in [0.15, 0.2) is 0 Å². The number of alkyl halides is 1. The molecule has 1 aromatic rings. The average Bonchev–Trinajstić information content (AvgIpc) is 2.08. The minimum atomic E-state index is 0.641. The van der Waals surface area contributed by atoms with Crippen molar-refractivity contribution in [2.45, 2.75) is 13.5 Å². The summed E-state index contributed by atoms with van der Waals surface area (Å²) in [5, 5.41) is 0. The number of halogens is 1. The van der Waals surface area contributed by atoms with Crippen LogP contribution in [0.25, 0.3) is 0 Å². The van der Waals surface area contributed by atoms with Crippen LogP contribution in [0.2, 0.25) is 0 Å². The van der Waals surface area contributed by atoms with Crippen molar-refractivity contribution in [3.8, 4) is 0 Å². The number of hydrogen-bond acceptors (Lipinski definition) is 1. The summed E-state index contributed by atoms with van der Waals surface area (Å²) in [4.78, 5) is 1.97. The Kier molecular flexibility index (Phi) is 6.56. The average molecular weight is 263 g/mol. The molecule has 62 valence electrons. The summed E-state index contributed by atoms with van der Waals surface area (Å²) in [6.45, 7) is 2.71. The molecule has 2 N–H and O–H groups in total. The molecule has 0 aliphatic rings. The van der Waals surface area contributed by atoms with Crippen molar-refractivity contribution in [3.05, 3.63) is 35.4 Å². The summed E-state index contributed by atoms with van der Waals surface area (Å²) in [6.07, 6.45) is 0. The summed E-state index contributed by atoms with van der Waals surface area (Å²) in [7, 11) is 0. The summed E-state index contributed by atoms with van der Waals surface area (Å²) in [5.41, 5.74) is 7.90. The van der Waals surface area contributed by atoms with Crippen LogP contribution >= 0.6 is 22.6 Å². The van der Waals surface area contributed by atoms with Gasteiger partial charge in [0.1, 0.15) is 0 Å². The number of hydrogen-bond donors (Lipinski definition) is 1. The molecule has 0 saturated heterocycles.